The number of nitrogens with two attached hydrogens (primary N) is 1. The van der Waals surface area contributed by atoms with Crippen LogP contribution in [-0.4, -0.2) is 16.8 Å². The molecule has 0 saturated carbocycles. The van der Waals surface area contributed by atoms with E-state index in [0.29, 0.717) is 11.3 Å². The molecule has 0 bridgehead atoms. The number of hydrogen-bond acceptors (Lipinski definition) is 3. The summed E-state index contributed by atoms with van der Waals surface area (Å²) in [5.41, 5.74) is 7.65. The van der Waals surface area contributed by atoms with Gasteiger partial charge in [-0.05, 0) is 18.6 Å². The van der Waals surface area contributed by atoms with Gasteiger partial charge in [0.1, 0.15) is 0 Å². The number of aryl methyl sites for hydroxylation is 1. The van der Waals surface area contributed by atoms with Gasteiger partial charge in [-0.2, -0.15) is 0 Å². The second kappa shape index (κ2) is 3.91. The largest absolute Gasteiger partial charge is 0.481 e. The van der Waals surface area contributed by atoms with Gasteiger partial charge >= 0.3 is 5.97 Å². The molecule has 0 aromatic heterocycles. The van der Waals surface area contributed by atoms with Gasteiger partial charge in [0.25, 0.3) is 0 Å². The zero-order valence-electron chi connectivity index (χ0n) is 7.87. The predicted octanol–water partition coefficient (Wildman–Crippen LogP) is 1.42. The number of anilines is 1. The summed E-state index contributed by atoms with van der Waals surface area (Å²) in [6, 6.07) is 5.21. The van der Waals surface area contributed by atoms with Crippen LogP contribution >= 0.6 is 0 Å². The Labute approximate surface area is 81.9 Å². The van der Waals surface area contributed by atoms with Crippen molar-refractivity contribution >= 4 is 17.4 Å². The molecule has 0 radical (unpaired) electrons. The molecule has 4 nitrogen and oxygen atoms in total. The summed E-state index contributed by atoms with van der Waals surface area (Å²) < 4.78 is 0. The summed E-state index contributed by atoms with van der Waals surface area (Å²) in [6.45, 7) is 1.89. The number of nitrogens with one attached hydrogen (secondary N) is 1. The van der Waals surface area contributed by atoms with Crippen molar-refractivity contribution in [2.45, 2.75) is 13.3 Å². The van der Waals surface area contributed by atoms with E-state index in [-0.39, 0.29) is 12.1 Å². The highest BCUT2D eigenvalue weighted by atomic mass is 16.4. The van der Waals surface area contributed by atoms with Crippen LogP contribution in [0.3, 0.4) is 0 Å². The average molecular weight is 192 g/mol. The van der Waals surface area contributed by atoms with E-state index in [0.717, 1.165) is 5.56 Å². The minimum absolute atomic E-state index is 0.0370. The summed E-state index contributed by atoms with van der Waals surface area (Å²) in [7, 11) is 0. The van der Waals surface area contributed by atoms with E-state index in [2.05, 4.69) is 0 Å². The molecule has 0 aliphatic carbocycles. The van der Waals surface area contributed by atoms with E-state index in [9.17, 15) is 4.79 Å². The first-order chi connectivity index (χ1) is 6.50. The number of nitrogen functional groups attached to an aromatic ring is 1. The molecule has 1 rings (SSSR count). The molecule has 0 spiro atoms. The number of aliphatic carboxylic acids is 1. The average Bonchev–Trinajstić information content (AvgIpc) is 2.01. The van der Waals surface area contributed by atoms with Crippen molar-refractivity contribution in [3.63, 3.8) is 0 Å². The molecular weight excluding hydrogens is 180 g/mol. The number of hydrogen-bond donors (Lipinski definition) is 3. The van der Waals surface area contributed by atoms with E-state index in [1.54, 1.807) is 12.1 Å². The lowest BCUT2D eigenvalue weighted by Crippen LogP contribution is -2.09. The fourth-order valence-corrected chi connectivity index (χ4v) is 1.20. The third-order valence-electron chi connectivity index (χ3n) is 1.86. The third-order valence-corrected chi connectivity index (χ3v) is 1.86. The highest BCUT2D eigenvalue weighted by Gasteiger charge is 2.09. The van der Waals surface area contributed by atoms with Crippen LogP contribution < -0.4 is 5.73 Å². The van der Waals surface area contributed by atoms with Crippen molar-refractivity contribution in [1.29, 1.82) is 5.41 Å². The van der Waals surface area contributed by atoms with Crippen molar-refractivity contribution < 1.29 is 9.90 Å². The Morgan fingerprint density at radius 3 is 2.71 bits per heavy atom. The first-order valence-electron chi connectivity index (χ1n) is 4.16. The fourth-order valence-electron chi connectivity index (χ4n) is 1.20. The number of rotatable bonds is 3. The van der Waals surface area contributed by atoms with Crippen LogP contribution in [0.2, 0.25) is 0 Å². The number of carbonyl (C=O) groups is 1. The van der Waals surface area contributed by atoms with Gasteiger partial charge in [-0.3, -0.25) is 4.79 Å². The smallest absolute Gasteiger partial charge is 0.309 e. The molecule has 0 saturated heterocycles. The molecule has 4 N–H and O–H groups in total. The van der Waals surface area contributed by atoms with Crippen molar-refractivity contribution in [3.8, 4) is 0 Å². The topological polar surface area (TPSA) is 87.2 Å². The maximum absolute atomic E-state index is 10.4. The van der Waals surface area contributed by atoms with Gasteiger partial charge in [0.2, 0.25) is 0 Å². The van der Waals surface area contributed by atoms with E-state index < -0.39 is 5.97 Å². The lowest BCUT2D eigenvalue weighted by atomic mass is 10.0. The Morgan fingerprint density at radius 2 is 2.21 bits per heavy atom. The summed E-state index contributed by atoms with van der Waals surface area (Å²) in [4.78, 5) is 10.4. The molecule has 0 fully saturated rings. The lowest BCUT2D eigenvalue weighted by molar-refractivity contribution is -0.135. The van der Waals surface area contributed by atoms with Gasteiger partial charge < -0.3 is 16.2 Å². The van der Waals surface area contributed by atoms with Gasteiger partial charge in [-0.15, -0.1) is 0 Å². The number of carboxylic acid groups (broad SMARTS) is 1. The molecule has 0 unspecified atom stereocenters. The minimum atomic E-state index is -1.02. The van der Waals surface area contributed by atoms with Crippen LogP contribution in [0.25, 0.3) is 0 Å². The Kier molecular flexibility index (Phi) is 2.86. The summed E-state index contributed by atoms with van der Waals surface area (Å²) in [5.74, 6) is -1.02. The van der Waals surface area contributed by atoms with E-state index in [1.807, 2.05) is 13.0 Å². The zero-order valence-corrected chi connectivity index (χ0v) is 7.87. The standard InChI is InChI=1S/C10H12N2O2/c1-6-2-3-7(8(11)4-6)9(12)5-10(13)14/h2-4,12H,5,11H2,1H3,(H,13,14). The Balaban J connectivity index is 2.96. The van der Waals surface area contributed by atoms with Gasteiger partial charge in [0.05, 0.1) is 12.1 Å². The highest BCUT2D eigenvalue weighted by molar-refractivity contribution is 6.10. The summed E-state index contributed by atoms with van der Waals surface area (Å²) in [6.07, 6.45) is -0.298. The molecule has 0 heterocycles. The van der Waals surface area contributed by atoms with Crippen LogP contribution in [-0.2, 0) is 4.79 Å². The molecule has 0 amide bonds. The minimum Gasteiger partial charge on any atom is -0.481 e. The first-order valence-corrected chi connectivity index (χ1v) is 4.16. The van der Waals surface area contributed by atoms with E-state index in [1.165, 1.54) is 0 Å². The van der Waals surface area contributed by atoms with Crippen molar-refractivity contribution in [2.75, 3.05) is 5.73 Å². The quantitative estimate of drug-likeness (QED) is 0.500. The molecule has 74 valence electrons. The number of benzene rings is 1. The first kappa shape index (κ1) is 10.2. The Hall–Kier alpha value is -1.84. The van der Waals surface area contributed by atoms with Crippen molar-refractivity contribution in [3.05, 3.63) is 29.3 Å². The molecule has 0 atom stereocenters. The molecule has 1 aromatic rings. The second-order valence-electron chi connectivity index (χ2n) is 3.14. The SMILES string of the molecule is Cc1ccc(C(=N)CC(=O)O)c(N)c1. The Bertz CT molecular complexity index is 386. The molecule has 4 heteroatoms. The molecule has 0 aliphatic rings. The maximum Gasteiger partial charge on any atom is 0.309 e. The maximum atomic E-state index is 10.4. The van der Waals surface area contributed by atoms with Gasteiger partial charge in [0.15, 0.2) is 0 Å². The molecular formula is C10H12N2O2. The summed E-state index contributed by atoms with van der Waals surface area (Å²) in [5, 5.41) is 16.0. The zero-order chi connectivity index (χ0) is 10.7. The highest BCUT2D eigenvalue weighted by Crippen LogP contribution is 2.15. The predicted molar refractivity (Wildman–Crippen MR) is 54.7 cm³/mol. The van der Waals surface area contributed by atoms with Crippen LogP contribution in [0.1, 0.15) is 17.5 Å². The second-order valence-corrected chi connectivity index (χ2v) is 3.14. The van der Waals surface area contributed by atoms with Crippen molar-refractivity contribution in [1.82, 2.24) is 0 Å². The van der Waals surface area contributed by atoms with Crippen molar-refractivity contribution in [2.24, 2.45) is 0 Å². The number of carboxylic acids is 1. The lowest BCUT2D eigenvalue weighted by Gasteiger charge is -2.06. The molecule has 0 aliphatic heterocycles. The van der Waals surface area contributed by atoms with Crippen LogP contribution in [0.15, 0.2) is 18.2 Å². The van der Waals surface area contributed by atoms with Gasteiger partial charge in [-0.25, -0.2) is 0 Å². The fraction of sp³-hybridized carbons (Fsp3) is 0.200. The van der Waals surface area contributed by atoms with E-state index >= 15 is 0 Å². The monoisotopic (exact) mass is 192 g/mol. The summed E-state index contributed by atoms with van der Waals surface area (Å²) >= 11 is 0. The van der Waals surface area contributed by atoms with E-state index in [4.69, 9.17) is 16.2 Å². The van der Waals surface area contributed by atoms with Crippen LogP contribution in [0.4, 0.5) is 5.69 Å². The molecule has 14 heavy (non-hydrogen) atoms. The normalized spacial score (nSPS) is 9.79. The van der Waals surface area contributed by atoms with Crippen LogP contribution in [0.5, 0.6) is 0 Å². The Morgan fingerprint density at radius 1 is 1.57 bits per heavy atom. The molecule has 1 aromatic carbocycles. The van der Waals surface area contributed by atoms with Crippen LogP contribution in [0, 0.1) is 12.3 Å². The van der Waals surface area contributed by atoms with Gasteiger partial charge in [0, 0.05) is 11.3 Å². The third kappa shape index (κ3) is 2.32. The van der Waals surface area contributed by atoms with Gasteiger partial charge in [-0.1, -0.05) is 12.1 Å².